The zero-order chi connectivity index (χ0) is 18.3. The van der Waals surface area contributed by atoms with Gasteiger partial charge >= 0.3 is 6.18 Å². The molecule has 1 aromatic carbocycles. The molecule has 0 atom stereocenters. The normalized spacial score (nSPS) is 13.5. The van der Waals surface area contributed by atoms with Crippen LogP contribution in [0.1, 0.15) is 10.4 Å². The molecule has 0 spiro atoms. The van der Waals surface area contributed by atoms with Gasteiger partial charge in [0.25, 0.3) is 0 Å². The first-order chi connectivity index (χ1) is 12.4. The van der Waals surface area contributed by atoms with Crippen LogP contribution in [0.5, 0.6) is 5.75 Å². The molecule has 0 saturated heterocycles. The Morgan fingerprint density at radius 2 is 2.12 bits per heavy atom. The fraction of sp³-hybridized carbons (Fsp3) is 0.250. The lowest BCUT2D eigenvalue weighted by molar-refractivity contribution is -0.142. The second-order valence-electron chi connectivity index (χ2n) is 5.72. The van der Waals surface area contributed by atoms with Crippen molar-refractivity contribution in [2.45, 2.75) is 19.3 Å². The van der Waals surface area contributed by atoms with Crippen LogP contribution in [0.3, 0.4) is 0 Å². The Labute approximate surface area is 145 Å². The average Bonchev–Trinajstić information content (AvgIpc) is 3.17. The van der Waals surface area contributed by atoms with Crippen LogP contribution in [0, 0.1) is 0 Å². The van der Waals surface area contributed by atoms with Crippen molar-refractivity contribution in [1.29, 1.82) is 0 Å². The minimum atomic E-state index is -4.42. The van der Waals surface area contributed by atoms with Crippen LogP contribution >= 0.6 is 0 Å². The number of imidazole rings is 1. The highest BCUT2D eigenvalue weighted by Gasteiger charge is 2.31. The van der Waals surface area contributed by atoms with Crippen LogP contribution < -0.4 is 4.74 Å². The summed E-state index contributed by atoms with van der Waals surface area (Å²) in [6.45, 7) is -0.425. The molecule has 10 heteroatoms. The van der Waals surface area contributed by atoms with Gasteiger partial charge in [-0.15, -0.1) is 0 Å². The first-order valence-electron chi connectivity index (χ1n) is 7.69. The van der Waals surface area contributed by atoms with Gasteiger partial charge in [0.2, 0.25) is 0 Å². The highest BCUT2D eigenvalue weighted by atomic mass is 19.4. The quantitative estimate of drug-likeness (QED) is 0.669. The summed E-state index contributed by atoms with van der Waals surface area (Å²) < 4.78 is 46.3. The molecule has 0 radical (unpaired) electrons. The van der Waals surface area contributed by atoms with Gasteiger partial charge in [-0.05, 0) is 18.2 Å². The molecule has 0 amide bonds. The topological polar surface area (TPSA) is 74.8 Å². The maximum atomic E-state index is 12.7. The first kappa shape index (κ1) is 16.3. The molecule has 0 bridgehead atoms. The van der Waals surface area contributed by atoms with E-state index in [4.69, 9.17) is 4.74 Å². The zero-order valence-corrected chi connectivity index (χ0v) is 13.3. The number of aldehydes is 1. The molecular formula is C16H12F3N5O2. The zero-order valence-electron chi connectivity index (χ0n) is 13.3. The first-order valence-corrected chi connectivity index (χ1v) is 7.69. The van der Waals surface area contributed by atoms with E-state index in [1.807, 2.05) is 0 Å². The van der Waals surface area contributed by atoms with Crippen molar-refractivity contribution >= 4 is 6.29 Å². The number of rotatable bonds is 3. The van der Waals surface area contributed by atoms with E-state index in [1.165, 1.54) is 0 Å². The predicted octanol–water partition coefficient (Wildman–Crippen LogP) is 2.58. The number of carbonyl (C=O) groups excluding carboxylic acids is 1. The van der Waals surface area contributed by atoms with Crippen LogP contribution in [0.25, 0.3) is 22.9 Å². The number of benzene rings is 1. The van der Waals surface area contributed by atoms with Gasteiger partial charge < -0.3 is 9.30 Å². The average molecular weight is 363 g/mol. The van der Waals surface area contributed by atoms with Crippen LogP contribution in [0.2, 0.25) is 0 Å². The lowest BCUT2D eigenvalue weighted by atomic mass is 10.1. The minimum absolute atomic E-state index is 0.0249. The van der Waals surface area contributed by atoms with E-state index in [9.17, 15) is 18.0 Å². The lowest BCUT2D eigenvalue weighted by Gasteiger charge is -2.08. The molecule has 26 heavy (non-hydrogen) atoms. The largest absolute Gasteiger partial charge is 0.491 e. The van der Waals surface area contributed by atoms with Gasteiger partial charge in [0.1, 0.15) is 43.0 Å². The van der Waals surface area contributed by atoms with E-state index in [0.29, 0.717) is 42.1 Å². The van der Waals surface area contributed by atoms with Crippen LogP contribution in [-0.4, -0.2) is 43.4 Å². The van der Waals surface area contributed by atoms with Crippen molar-refractivity contribution in [3.63, 3.8) is 0 Å². The summed E-state index contributed by atoms with van der Waals surface area (Å²) >= 11 is 0. The molecule has 134 valence electrons. The van der Waals surface area contributed by atoms with Crippen molar-refractivity contribution < 1.29 is 22.7 Å². The third-order valence-corrected chi connectivity index (χ3v) is 3.92. The summed E-state index contributed by atoms with van der Waals surface area (Å²) in [7, 11) is 0. The number of nitrogens with zero attached hydrogens (tertiary/aromatic N) is 5. The molecule has 2 aromatic heterocycles. The lowest BCUT2D eigenvalue weighted by Crippen LogP contribution is -2.19. The van der Waals surface area contributed by atoms with Gasteiger partial charge in [-0.3, -0.25) is 4.79 Å². The summed E-state index contributed by atoms with van der Waals surface area (Å²) in [6.07, 6.45) is -1.04. The van der Waals surface area contributed by atoms with E-state index >= 15 is 0 Å². The number of hydrogen-bond acceptors (Lipinski definition) is 5. The molecule has 1 aliphatic rings. The van der Waals surface area contributed by atoms with Crippen LogP contribution in [-0.2, 0) is 13.1 Å². The van der Waals surface area contributed by atoms with Gasteiger partial charge in [-0.1, -0.05) is 0 Å². The summed E-state index contributed by atoms with van der Waals surface area (Å²) in [5.74, 6) is 1.08. The third-order valence-electron chi connectivity index (χ3n) is 3.92. The Hall–Kier alpha value is -3.17. The molecule has 0 unspecified atom stereocenters. The SMILES string of the molecule is O=Cc1ccc2c(c1)-c1nc(-c3ncnn3CC(F)(F)F)cn1CCO2. The molecule has 1 aliphatic heterocycles. The summed E-state index contributed by atoms with van der Waals surface area (Å²) in [5.41, 5.74) is 1.32. The van der Waals surface area contributed by atoms with E-state index in [2.05, 4.69) is 15.1 Å². The summed E-state index contributed by atoms with van der Waals surface area (Å²) in [5, 5.41) is 3.64. The smallest absolute Gasteiger partial charge is 0.408 e. The Balaban J connectivity index is 1.80. The highest BCUT2D eigenvalue weighted by Crippen LogP contribution is 2.34. The molecule has 0 N–H and O–H groups in total. The molecule has 7 nitrogen and oxygen atoms in total. The number of fused-ring (bicyclic) bond motifs is 3. The van der Waals surface area contributed by atoms with Gasteiger partial charge in [-0.25, -0.2) is 14.6 Å². The van der Waals surface area contributed by atoms with Gasteiger partial charge in [0, 0.05) is 11.8 Å². The van der Waals surface area contributed by atoms with Crippen molar-refractivity contribution in [1.82, 2.24) is 24.3 Å². The van der Waals surface area contributed by atoms with E-state index in [0.717, 1.165) is 11.0 Å². The molecule has 0 aliphatic carbocycles. The molecule has 3 aromatic rings. The van der Waals surface area contributed by atoms with Crippen molar-refractivity contribution in [2.75, 3.05) is 6.61 Å². The van der Waals surface area contributed by atoms with Crippen LogP contribution in [0.4, 0.5) is 13.2 Å². The fourth-order valence-electron chi connectivity index (χ4n) is 2.83. The predicted molar refractivity (Wildman–Crippen MR) is 83.6 cm³/mol. The summed E-state index contributed by atoms with van der Waals surface area (Å²) in [4.78, 5) is 19.4. The second-order valence-corrected chi connectivity index (χ2v) is 5.72. The highest BCUT2D eigenvalue weighted by molar-refractivity contribution is 5.80. The number of carbonyl (C=O) groups is 1. The van der Waals surface area contributed by atoms with E-state index in [-0.39, 0.29) is 11.5 Å². The number of alkyl halides is 3. The monoisotopic (exact) mass is 363 g/mol. The molecule has 3 heterocycles. The maximum absolute atomic E-state index is 12.7. The number of halogens is 3. The Kier molecular flexibility index (Phi) is 3.74. The van der Waals surface area contributed by atoms with Gasteiger partial charge in [0.15, 0.2) is 5.82 Å². The Morgan fingerprint density at radius 3 is 2.88 bits per heavy atom. The fourth-order valence-corrected chi connectivity index (χ4v) is 2.83. The van der Waals surface area contributed by atoms with E-state index < -0.39 is 12.7 Å². The second kappa shape index (κ2) is 5.97. The molecule has 0 fully saturated rings. The van der Waals surface area contributed by atoms with Crippen molar-refractivity contribution in [2.24, 2.45) is 0 Å². The van der Waals surface area contributed by atoms with Gasteiger partial charge in [-0.2, -0.15) is 18.3 Å². The Bertz CT molecular complexity index is 977. The third kappa shape index (κ3) is 2.93. The molecule has 0 saturated carbocycles. The summed E-state index contributed by atoms with van der Waals surface area (Å²) in [6, 6.07) is 4.94. The maximum Gasteiger partial charge on any atom is 0.408 e. The number of aromatic nitrogens is 5. The number of ether oxygens (including phenoxy) is 1. The van der Waals surface area contributed by atoms with E-state index in [1.54, 1.807) is 29.0 Å². The molecular weight excluding hydrogens is 351 g/mol. The molecule has 4 rings (SSSR count). The standard InChI is InChI=1S/C16H12F3N5O2/c17-16(18,19)8-24-15(20-9-21-24)12-6-23-3-4-26-13-2-1-10(7-25)5-11(13)14(23)22-12/h1-2,5-7,9H,3-4,8H2. The van der Waals surface area contributed by atoms with Gasteiger partial charge in [0.05, 0.1) is 12.1 Å². The Morgan fingerprint density at radius 1 is 1.27 bits per heavy atom. The minimum Gasteiger partial charge on any atom is -0.491 e. The van der Waals surface area contributed by atoms with Crippen molar-refractivity contribution in [3.8, 4) is 28.7 Å². The number of hydrogen-bond donors (Lipinski definition) is 0. The van der Waals surface area contributed by atoms with Crippen LogP contribution in [0.15, 0.2) is 30.7 Å². The van der Waals surface area contributed by atoms with Crippen molar-refractivity contribution in [3.05, 3.63) is 36.3 Å².